The highest BCUT2D eigenvalue weighted by Crippen LogP contribution is 2.20. The first-order valence-corrected chi connectivity index (χ1v) is 8.30. The first-order chi connectivity index (χ1) is 11.2. The van der Waals surface area contributed by atoms with Gasteiger partial charge in [0.2, 0.25) is 0 Å². The number of rotatable bonds is 5. The van der Waals surface area contributed by atoms with Crippen molar-refractivity contribution in [3.8, 4) is 0 Å². The minimum atomic E-state index is -0.207. The molecule has 2 aromatic heterocycles. The molecule has 6 nitrogen and oxygen atoms in total. The SMILES string of the molecule is CCSc1nc2ncnc(N(C)Cc3ccccc3)c2c(=O)[nH]1. The van der Waals surface area contributed by atoms with Crippen LogP contribution in [0.15, 0.2) is 46.6 Å². The Hall–Kier alpha value is -2.41. The van der Waals surface area contributed by atoms with Crippen LogP contribution < -0.4 is 10.5 Å². The van der Waals surface area contributed by atoms with Gasteiger partial charge in [-0.05, 0) is 11.3 Å². The van der Waals surface area contributed by atoms with Gasteiger partial charge in [-0.25, -0.2) is 15.0 Å². The molecule has 0 aliphatic heterocycles. The number of hydrogen-bond donors (Lipinski definition) is 1. The quantitative estimate of drug-likeness (QED) is 0.573. The third-order valence-electron chi connectivity index (χ3n) is 3.37. The minimum Gasteiger partial charge on any atom is -0.355 e. The minimum absolute atomic E-state index is 0.207. The van der Waals surface area contributed by atoms with Gasteiger partial charge in [0.25, 0.3) is 5.56 Å². The van der Waals surface area contributed by atoms with E-state index in [2.05, 4.69) is 19.9 Å². The monoisotopic (exact) mass is 327 g/mol. The molecule has 3 rings (SSSR count). The van der Waals surface area contributed by atoms with Gasteiger partial charge < -0.3 is 9.88 Å². The molecule has 0 fully saturated rings. The van der Waals surface area contributed by atoms with Crippen LogP contribution in [0.5, 0.6) is 0 Å². The van der Waals surface area contributed by atoms with Crippen LogP contribution in [0.1, 0.15) is 12.5 Å². The molecule has 0 aliphatic rings. The largest absolute Gasteiger partial charge is 0.355 e. The Kier molecular flexibility index (Phi) is 4.57. The molecule has 0 unspecified atom stereocenters. The predicted octanol–water partition coefficient (Wildman–Crippen LogP) is 2.46. The van der Waals surface area contributed by atoms with Gasteiger partial charge in [0.15, 0.2) is 10.8 Å². The van der Waals surface area contributed by atoms with Crippen molar-refractivity contribution >= 4 is 28.6 Å². The number of benzene rings is 1. The molecular weight excluding hydrogens is 310 g/mol. The maximum Gasteiger partial charge on any atom is 0.264 e. The Bertz CT molecular complexity index is 865. The van der Waals surface area contributed by atoms with Gasteiger partial charge in [0.05, 0.1) is 0 Å². The lowest BCUT2D eigenvalue weighted by molar-refractivity contribution is 0.888. The molecular formula is C16H17N5OS. The summed E-state index contributed by atoms with van der Waals surface area (Å²) in [6.07, 6.45) is 1.45. The molecule has 1 N–H and O–H groups in total. The summed E-state index contributed by atoms with van der Waals surface area (Å²) in [5.41, 5.74) is 1.36. The Morgan fingerprint density at radius 1 is 1.22 bits per heavy atom. The molecule has 0 aliphatic carbocycles. The third-order valence-corrected chi connectivity index (χ3v) is 4.12. The molecule has 118 valence electrons. The second-order valence-corrected chi connectivity index (χ2v) is 6.29. The Morgan fingerprint density at radius 3 is 2.74 bits per heavy atom. The van der Waals surface area contributed by atoms with Crippen molar-refractivity contribution in [2.24, 2.45) is 0 Å². The molecule has 0 saturated heterocycles. The molecule has 0 amide bonds. The van der Waals surface area contributed by atoms with Crippen molar-refractivity contribution < 1.29 is 0 Å². The number of aromatic nitrogens is 4. The van der Waals surface area contributed by atoms with E-state index < -0.39 is 0 Å². The van der Waals surface area contributed by atoms with E-state index in [0.29, 0.717) is 28.6 Å². The van der Waals surface area contributed by atoms with E-state index in [1.165, 1.54) is 18.1 Å². The van der Waals surface area contributed by atoms with E-state index in [1.54, 1.807) is 0 Å². The highest BCUT2D eigenvalue weighted by atomic mass is 32.2. The molecule has 1 aromatic carbocycles. The van der Waals surface area contributed by atoms with Gasteiger partial charge in [0, 0.05) is 13.6 Å². The van der Waals surface area contributed by atoms with Gasteiger partial charge in [-0.15, -0.1) is 0 Å². The average Bonchev–Trinajstić information content (AvgIpc) is 2.55. The number of nitrogens with one attached hydrogen (secondary N) is 1. The summed E-state index contributed by atoms with van der Waals surface area (Å²) in [5, 5.41) is 1.01. The number of hydrogen-bond acceptors (Lipinski definition) is 6. The molecule has 2 heterocycles. The third kappa shape index (κ3) is 3.34. The Morgan fingerprint density at radius 2 is 2.00 bits per heavy atom. The van der Waals surface area contributed by atoms with Crippen LogP contribution in [0, 0.1) is 0 Å². The molecule has 0 spiro atoms. The van der Waals surface area contributed by atoms with Crippen molar-refractivity contribution in [2.45, 2.75) is 18.6 Å². The Balaban J connectivity index is 2.02. The van der Waals surface area contributed by atoms with Crippen molar-refractivity contribution in [3.63, 3.8) is 0 Å². The van der Waals surface area contributed by atoms with E-state index in [9.17, 15) is 4.79 Å². The average molecular weight is 327 g/mol. The van der Waals surface area contributed by atoms with Gasteiger partial charge >= 0.3 is 0 Å². The fourth-order valence-corrected chi connectivity index (χ4v) is 2.95. The number of H-pyrrole nitrogens is 1. The zero-order chi connectivity index (χ0) is 16.2. The van der Waals surface area contributed by atoms with Crippen molar-refractivity contribution in [2.75, 3.05) is 17.7 Å². The van der Waals surface area contributed by atoms with Crippen LogP contribution in [0.4, 0.5) is 5.82 Å². The normalized spacial score (nSPS) is 10.9. The smallest absolute Gasteiger partial charge is 0.264 e. The maximum absolute atomic E-state index is 12.4. The maximum atomic E-state index is 12.4. The van der Waals surface area contributed by atoms with Crippen LogP contribution in [-0.4, -0.2) is 32.7 Å². The van der Waals surface area contributed by atoms with Gasteiger partial charge in [-0.1, -0.05) is 49.0 Å². The lowest BCUT2D eigenvalue weighted by atomic mass is 10.2. The molecule has 23 heavy (non-hydrogen) atoms. The van der Waals surface area contributed by atoms with E-state index >= 15 is 0 Å². The lowest BCUT2D eigenvalue weighted by Crippen LogP contribution is -2.22. The zero-order valence-corrected chi connectivity index (χ0v) is 13.8. The van der Waals surface area contributed by atoms with Crippen LogP contribution >= 0.6 is 11.8 Å². The summed E-state index contributed by atoms with van der Waals surface area (Å²) in [6.45, 7) is 2.66. The fourth-order valence-electron chi connectivity index (χ4n) is 2.37. The Labute approximate surface area is 138 Å². The molecule has 0 bridgehead atoms. The first kappa shape index (κ1) is 15.5. The number of anilines is 1. The topological polar surface area (TPSA) is 74.8 Å². The van der Waals surface area contributed by atoms with E-state index in [-0.39, 0.29) is 5.56 Å². The molecule has 0 radical (unpaired) electrons. The van der Waals surface area contributed by atoms with Gasteiger partial charge in [0.1, 0.15) is 17.5 Å². The van der Waals surface area contributed by atoms with Crippen LogP contribution in [0.3, 0.4) is 0 Å². The summed E-state index contributed by atoms with van der Waals surface area (Å²) >= 11 is 1.48. The van der Waals surface area contributed by atoms with Crippen LogP contribution in [0.25, 0.3) is 11.0 Å². The fraction of sp³-hybridized carbons (Fsp3) is 0.250. The number of thioether (sulfide) groups is 1. The molecule has 0 saturated carbocycles. The second-order valence-electron chi connectivity index (χ2n) is 5.04. The first-order valence-electron chi connectivity index (χ1n) is 7.32. The van der Waals surface area contributed by atoms with E-state index in [0.717, 1.165) is 11.3 Å². The van der Waals surface area contributed by atoms with Gasteiger partial charge in [-0.2, -0.15) is 0 Å². The van der Waals surface area contributed by atoms with E-state index in [1.807, 2.05) is 49.2 Å². The summed E-state index contributed by atoms with van der Waals surface area (Å²) in [5.74, 6) is 1.42. The highest BCUT2D eigenvalue weighted by Gasteiger charge is 2.14. The zero-order valence-electron chi connectivity index (χ0n) is 13.0. The number of nitrogens with zero attached hydrogens (tertiary/aromatic N) is 4. The molecule has 3 aromatic rings. The lowest BCUT2D eigenvalue weighted by Gasteiger charge is -2.19. The predicted molar refractivity (Wildman–Crippen MR) is 92.9 cm³/mol. The van der Waals surface area contributed by atoms with Gasteiger partial charge in [-0.3, -0.25) is 4.79 Å². The summed E-state index contributed by atoms with van der Waals surface area (Å²) < 4.78 is 0. The van der Waals surface area contributed by atoms with Crippen LogP contribution in [0.2, 0.25) is 0 Å². The van der Waals surface area contributed by atoms with Crippen LogP contribution in [-0.2, 0) is 6.54 Å². The standard InChI is InChI=1S/C16H17N5OS/c1-3-23-16-19-13-12(15(22)20-16)14(18-10-17-13)21(2)9-11-7-5-4-6-8-11/h4-8,10H,3,9H2,1-2H3,(H,17,18,19,20,22). The van der Waals surface area contributed by atoms with Crippen molar-refractivity contribution in [1.29, 1.82) is 0 Å². The van der Waals surface area contributed by atoms with Crippen molar-refractivity contribution in [1.82, 2.24) is 19.9 Å². The second kappa shape index (κ2) is 6.78. The summed E-state index contributed by atoms with van der Waals surface area (Å²) in [6, 6.07) is 10.0. The molecule has 0 atom stereocenters. The summed E-state index contributed by atoms with van der Waals surface area (Å²) in [7, 11) is 1.91. The number of fused-ring (bicyclic) bond motifs is 1. The molecule has 7 heteroatoms. The number of aromatic amines is 1. The van der Waals surface area contributed by atoms with E-state index in [4.69, 9.17) is 0 Å². The highest BCUT2D eigenvalue weighted by molar-refractivity contribution is 7.99. The summed E-state index contributed by atoms with van der Waals surface area (Å²) in [4.78, 5) is 30.0. The van der Waals surface area contributed by atoms with Crippen molar-refractivity contribution in [3.05, 3.63) is 52.6 Å².